The predicted molar refractivity (Wildman–Crippen MR) is 118 cm³/mol. The Bertz CT molecular complexity index is 822. The van der Waals surface area contributed by atoms with Crippen LogP contribution in [0.3, 0.4) is 0 Å². The molecular formula is C22H28ClN3O3. The zero-order valence-electron chi connectivity index (χ0n) is 16.8. The van der Waals surface area contributed by atoms with Crippen LogP contribution in [0.2, 0.25) is 0 Å². The van der Waals surface area contributed by atoms with Gasteiger partial charge in [-0.25, -0.2) is 0 Å². The summed E-state index contributed by atoms with van der Waals surface area (Å²) in [6.07, 6.45) is 0.508. The van der Waals surface area contributed by atoms with Crippen molar-refractivity contribution in [3.05, 3.63) is 54.1 Å². The Hall–Kier alpha value is -2.57. The number of carbonyl (C=O) groups is 2. The number of nitrogens with two attached hydrogens (primary N) is 1. The van der Waals surface area contributed by atoms with E-state index in [0.717, 1.165) is 5.69 Å². The van der Waals surface area contributed by atoms with Crippen molar-refractivity contribution in [3.8, 4) is 5.75 Å². The molecule has 1 aliphatic rings. The number of hydrogen-bond acceptors (Lipinski definition) is 4. The molecule has 0 bridgehead atoms. The molecular weight excluding hydrogens is 390 g/mol. The number of ether oxygens (including phenoxy) is 1. The van der Waals surface area contributed by atoms with Gasteiger partial charge in [0.1, 0.15) is 18.3 Å². The van der Waals surface area contributed by atoms with E-state index in [1.807, 2.05) is 24.3 Å². The molecule has 1 fully saturated rings. The zero-order valence-corrected chi connectivity index (χ0v) is 17.6. The fourth-order valence-corrected chi connectivity index (χ4v) is 3.26. The molecule has 0 spiro atoms. The maximum absolute atomic E-state index is 12.8. The SMILES string of the molecule is CC(C)c1ccc(N2CCC(C(=O)Nc3ccc(OCCN)cc3)C2=O)cc1.Cl. The lowest BCUT2D eigenvalue weighted by molar-refractivity contribution is -0.129. The van der Waals surface area contributed by atoms with Crippen molar-refractivity contribution in [2.45, 2.75) is 26.2 Å². The van der Waals surface area contributed by atoms with E-state index in [4.69, 9.17) is 10.5 Å². The quantitative estimate of drug-likeness (QED) is 0.674. The smallest absolute Gasteiger partial charge is 0.239 e. The van der Waals surface area contributed by atoms with E-state index in [0.29, 0.717) is 43.5 Å². The fourth-order valence-electron chi connectivity index (χ4n) is 3.26. The summed E-state index contributed by atoms with van der Waals surface area (Å²) in [5.41, 5.74) is 8.11. The number of benzene rings is 2. The van der Waals surface area contributed by atoms with Gasteiger partial charge in [0.15, 0.2) is 0 Å². The van der Waals surface area contributed by atoms with Gasteiger partial charge in [0.25, 0.3) is 0 Å². The molecule has 2 aromatic carbocycles. The highest BCUT2D eigenvalue weighted by Gasteiger charge is 2.37. The van der Waals surface area contributed by atoms with Gasteiger partial charge in [-0.3, -0.25) is 9.59 Å². The van der Waals surface area contributed by atoms with Crippen molar-refractivity contribution in [2.24, 2.45) is 11.7 Å². The van der Waals surface area contributed by atoms with Crippen molar-refractivity contribution < 1.29 is 14.3 Å². The van der Waals surface area contributed by atoms with Gasteiger partial charge in [0, 0.05) is 24.5 Å². The first kappa shape index (κ1) is 22.7. The number of anilines is 2. The van der Waals surface area contributed by atoms with Crippen LogP contribution in [-0.2, 0) is 9.59 Å². The van der Waals surface area contributed by atoms with E-state index in [1.165, 1.54) is 5.56 Å². The molecule has 6 nitrogen and oxygen atoms in total. The Morgan fingerprint density at radius 2 is 1.83 bits per heavy atom. The standard InChI is InChI=1S/C22H27N3O3.ClH/c1-15(2)16-3-7-18(8-4-16)25-13-11-20(22(25)27)21(26)24-17-5-9-19(10-6-17)28-14-12-23;/h3-10,15,20H,11-14,23H2,1-2H3,(H,24,26);1H. The molecule has 2 aromatic rings. The molecule has 1 heterocycles. The van der Waals surface area contributed by atoms with E-state index in [2.05, 4.69) is 19.2 Å². The molecule has 0 saturated carbocycles. The molecule has 29 heavy (non-hydrogen) atoms. The highest BCUT2D eigenvalue weighted by molar-refractivity contribution is 6.13. The fraction of sp³-hybridized carbons (Fsp3) is 0.364. The highest BCUT2D eigenvalue weighted by Crippen LogP contribution is 2.28. The van der Waals surface area contributed by atoms with Crippen molar-refractivity contribution in [1.82, 2.24) is 0 Å². The second-order valence-corrected chi connectivity index (χ2v) is 7.23. The van der Waals surface area contributed by atoms with Crippen molar-refractivity contribution >= 4 is 35.6 Å². The minimum atomic E-state index is -0.669. The maximum atomic E-state index is 12.8. The van der Waals surface area contributed by atoms with Gasteiger partial charge in [-0.2, -0.15) is 0 Å². The van der Waals surface area contributed by atoms with Gasteiger partial charge in [-0.05, 0) is 54.3 Å². The Morgan fingerprint density at radius 3 is 2.41 bits per heavy atom. The van der Waals surface area contributed by atoms with Crippen LogP contribution in [0.25, 0.3) is 0 Å². The summed E-state index contributed by atoms with van der Waals surface area (Å²) in [7, 11) is 0. The van der Waals surface area contributed by atoms with E-state index < -0.39 is 5.92 Å². The van der Waals surface area contributed by atoms with Crippen LogP contribution < -0.4 is 20.7 Å². The predicted octanol–water partition coefficient (Wildman–Crippen LogP) is 3.56. The summed E-state index contributed by atoms with van der Waals surface area (Å²) < 4.78 is 5.42. The van der Waals surface area contributed by atoms with Crippen LogP contribution in [0.1, 0.15) is 31.7 Å². The van der Waals surface area contributed by atoms with Gasteiger partial charge >= 0.3 is 0 Å². The normalized spacial score (nSPS) is 15.9. The largest absolute Gasteiger partial charge is 0.492 e. The van der Waals surface area contributed by atoms with E-state index in [-0.39, 0.29) is 24.2 Å². The van der Waals surface area contributed by atoms with Crippen LogP contribution in [0.5, 0.6) is 5.75 Å². The molecule has 1 atom stereocenters. The molecule has 3 N–H and O–H groups in total. The number of nitrogens with zero attached hydrogens (tertiary/aromatic N) is 1. The lowest BCUT2D eigenvalue weighted by Crippen LogP contribution is -2.33. The molecule has 1 unspecified atom stereocenters. The molecule has 2 amide bonds. The summed E-state index contributed by atoms with van der Waals surface area (Å²) in [4.78, 5) is 27.1. The maximum Gasteiger partial charge on any atom is 0.239 e. The molecule has 1 saturated heterocycles. The molecule has 0 aromatic heterocycles. The second kappa shape index (κ2) is 10.3. The summed E-state index contributed by atoms with van der Waals surface area (Å²) in [6.45, 7) is 5.69. The minimum Gasteiger partial charge on any atom is -0.492 e. The molecule has 0 aliphatic carbocycles. The van der Waals surface area contributed by atoms with Crippen molar-refractivity contribution in [3.63, 3.8) is 0 Å². The lowest BCUT2D eigenvalue weighted by Gasteiger charge is -2.18. The molecule has 7 heteroatoms. The van der Waals surface area contributed by atoms with E-state index in [9.17, 15) is 9.59 Å². The molecule has 1 aliphatic heterocycles. The highest BCUT2D eigenvalue weighted by atomic mass is 35.5. The van der Waals surface area contributed by atoms with Crippen molar-refractivity contribution in [1.29, 1.82) is 0 Å². The third-order valence-electron chi connectivity index (χ3n) is 4.90. The van der Waals surface area contributed by atoms with Crippen molar-refractivity contribution in [2.75, 3.05) is 29.9 Å². The second-order valence-electron chi connectivity index (χ2n) is 7.23. The molecule has 156 valence electrons. The first-order valence-electron chi connectivity index (χ1n) is 9.64. The van der Waals surface area contributed by atoms with Crippen LogP contribution >= 0.6 is 12.4 Å². The van der Waals surface area contributed by atoms with Gasteiger partial charge in [0.05, 0.1) is 0 Å². The third kappa shape index (κ3) is 5.49. The van der Waals surface area contributed by atoms with Crippen LogP contribution in [0.15, 0.2) is 48.5 Å². The van der Waals surface area contributed by atoms with Gasteiger partial charge < -0.3 is 20.7 Å². The average molecular weight is 418 g/mol. The van der Waals surface area contributed by atoms with Crippen LogP contribution in [0.4, 0.5) is 11.4 Å². The summed E-state index contributed by atoms with van der Waals surface area (Å²) in [5, 5.41) is 2.83. The van der Waals surface area contributed by atoms with E-state index in [1.54, 1.807) is 29.2 Å². The van der Waals surface area contributed by atoms with Crippen LogP contribution in [-0.4, -0.2) is 31.5 Å². The summed E-state index contributed by atoms with van der Waals surface area (Å²) in [6, 6.07) is 15.0. The number of rotatable bonds is 7. The zero-order chi connectivity index (χ0) is 20.1. The first-order valence-corrected chi connectivity index (χ1v) is 9.64. The number of halogens is 1. The summed E-state index contributed by atoms with van der Waals surface area (Å²) >= 11 is 0. The number of hydrogen-bond donors (Lipinski definition) is 2. The molecule has 0 radical (unpaired) electrons. The van der Waals surface area contributed by atoms with Gasteiger partial charge in [-0.15, -0.1) is 12.4 Å². The number of carbonyl (C=O) groups excluding carboxylic acids is 2. The Balaban J connectivity index is 0.00000300. The Labute approximate surface area is 177 Å². The topological polar surface area (TPSA) is 84.7 Å². The number of nitrogens with one attached hydrogen (secondary N) is 1. The first-order chi connectivity index (χ1) is 13.5. The Morgan fingerprint density at radius 1 is 1.17 bits per heavy atom. The monoisotopic (exact) mass is 417 g/mol. The van der Waals surface area contributed by atoms with Gasteiger partial charge in [-0.1, -0.05) is 26.0 Å². The van der Waals surface area contributed by atoms with Crippen LogP contribution in [0, 0.1) is 5.92 Å². The number of amides is 2. The van der Waals surface area contributed by atoms with Gasteiger partial charge in [0.2, 0.25) is 11.8 Å². The summed E-state index contributed by atoms with van der Waals surface area (Å²) in [5.74, 6) is 0.0305. The molecule has 3 rings (SSSR count). The lowest BCUT2D eigenvalue weighted by atomic mass is 10.0. The third-order valence-corrected chi connectivity index (χ3v) is 4.90. The van der Waals surface area contributed by atoms with E-state index >= 15 is 0 Å². The Kier molecular flexibility index (Phi) is 8.05. The average Bonchev–Trinajstić information content (AvgIpc) is 3.09. The minimum absolute atomic E-state index is 0.